The highest BCUT2D eigenvalue weighted by Crippen LogP contribution is 2.39. The molecule has 2 atom stereocenters. The van der Waals surface area contributed by atoms with Gasteiger partial charge in [-0.25, -0.2) is 0 Å². The van der Waals surface area contributed by atoms with Gasteiger partial charge in [0.05, 0.1) is 5.38 Å². The number of hydrogen-bond donors (Lipinski definition) is 0. The minimum atomic E-state index is 0.262. The van der Waals surface area contributed by atoms with Gasteiger partial charge in [0.15, 0.2) is 0 Å². The highest BCUT2D eigenvalue weighted by Gasteiger charge is 2.27. The van der Waals surface area contributed by atoms with Crippen LogP contribution in [0.5, 0.6) is 0 Å². The van der Waals surface area contributed by atoms with Crippen molar-refractivity contribution in [2.45, 2.75) is 65.2 Å². The summed E-state index contributed by atoms with van der Waals surface area (Å²) in [5.41, 5.74) is 2.00. The summed E-state index contributed by atoms with van der Waals surface area (Å²) in [5.74, 6) is 0.819. The molecule has 0 radical (unpaired) electrons. The molecule has 0 fully saturated rings. The van der Waals surface area contributed by atoms with Crippen LogP contribution in [0.1, 0.15) is 59.8 Å². The topological polar surface area (TPSA) is 0 Å². The maximum Gasteiger partial charge on any atom is 0.0523 e. The van der Waals surface area contributed by atoms with Gasteiger partial charge in [-0.15, -0.1) is 11.6 Å². The first-order valence-corrected chi connectivity index (χ1v) is 6.70. The summed E-state index contributed by atoms with van der Waals surface area (Å²) in [6.45, 7) is 9.29. The number of halogens is 1. The standard InChI is InChI=1S/C14H25Cl/c1-5-6-11(2)7-12-8-13(15)10-14(3,4)9-12/h8,11,13H,5-7,9-10H2,1-4H3. The Morgan fingerprint density at radius 2 is 2.20 bits per heavy atom. The molecule has 1 heteroatoms. The van der Waals surface area contributed by atoms with Crippen molar-refractivity contribution in [3.63, 3.8) is 0 Å². The highest BCUT2D eigenvalue weighted by atomic mass is 35.5. The minimum absolute atomic E-state index is 0.262. The van der Waals surface area contributed by atoms with Crippen LogP contribution in [-0.4, -0.2) is 5.38 Å². The van der Waals surface area contributed by atoms with E-state index in [1.807, 2.05) is 0 Å². The second-order valence-electron chi connectivity index (χ2n) is 5.98. The van der Waals surface area contributed by atoms with E-state index >= 15 is 0 Å². The van der Waals surface area contributed by atoms with Crippen molar-refractivity contribution >= 4 is 11.6 Å². The monoisotopic (exact) mass is 228 g/mol. The van der Waals surface area contributed by atoms with Gasteiger partial charge in [0.25, 0.3) is 0 Å². The molecule has 1 aliphatic rings. The van der Waals surface area contributed by atoms with Gasteiger partial charge < -0.3 is 0 Å². The highest BCUT2D eigenvalue weighted by molar-refractivity contribution is 6.21. The number of allylic oxidation sites excluding steroid dienone is 2. The van der Waals surface area contributed by atoms with E-state index in [2.05, 4.69) is 33.8 Å². The Kier molecular flexibility index (Phi) is 4.70. The summed E-state index contributed by atoms with van der Waals surface area (Å²) in [7, 11) is 0. The van der Waals surface area contributed by atoms with E-state index < -0.39 is 0 Å². The normalized spacial score (nSPS) is 27.3. The number of hydrogen-bond acceptors (Lipinski definition) is 0. The Morgan fingerprint density at radius 3 is 2.73 bits per heavy atom. The van der Waals surface area contributed by atoms with Gasteiger partial charge in [-0.2, -0.15) is 0 Å². The quantitative estimate of drug-likeness (QED) is 0.460. The molecular weight excluding hydrogens is 204 g/mol. The lowest BCUT2D eigenvalue weighted by Gasteiger charge is -2.33. The maximum atomic E-state index is 6.28. The molecule has 0 aliphatic heterocycles. The van der Waals surface area contributed by atoms with Crippen LogP contribution in [0.15, 0.2) is 11.6 Å². The molecule has 0 N–H and O–H groups in total. The van der Waals surface area contributed by atoms with Crippen molar-refractivity contribution in [2.75, 3.05) is 0 Å². The van der Waals surface area contributed by atoms with Gasteiger partial charge >= 0.3 is 0 Å². The summed E-state index contributed by atoms with van der Waals surface area (Å²) < 4.78 is 0. The van der Waals surface area contributed by atoms with E-state index in [0.717, 1.165) is 12.3 Å². The Labute approximate surface area is 100 Å². The third-order valence-electron chi connectivity index (χ3n) is 3.26. The summed E-state index contributed by atoms with van der Waals surface area (Å²) in [6.07, 6.45) is 8.55. The predicted octanol–water partition coefficient (Wildman–Crippen LogP) is 5.17. The SMILES string of the molecule is CCCC(C)CC1=CC(Cl)CC(C)(C)C1. The van der Waals surface area contributed by atoms with E-state index in [1.54, 1.807) is 5.57 Å². The molecular formula is C14H25Cl. The van der Waals surface area contributed by atoms with Gasteiger partial charge in [0, 0.05) is 0 Å². The van der Waals surface area contributed by atoms with Crippen LogP contribution in [0, 0.1) is 11.3 Å². The van der Waals surface area contributed by atoms with E-state index in [-0.39, 0.29) is 5.38 Å². The summed E-state index contributed by atoms with van der Waals surface area (Å²) >= 11 is 6.28. The predicted molar refractivity (Wildman–Crippen MR) is 69.4 cm³/mol. The Bertz CT molecular complexity index is 227. The maximum absolute atomic E-state index is 6.28. The van der Waals surface area contributed by atoms with E-state index in [1.165, 1.54) is 25.7 Å². The third-order valence-corrected chi connectivity index (χ3v) is 3.54. The zero-order chi connectivity index (χ0) is 11.5. The average Bonchev–Trinajstić information content (AvgIpc) is 1.99. The molecule has 2 unspecified atom stereocenters. The van der Waals surface area contributed by atoms with Crippen LogP contribution in [0.3, 0.4) is 0 Å². The molecule has 0 nitrogen and oxygen atoms in total. The van der Waals surface area contributed by atoms with Crippen LogP contribution in [0.4, 0.5) is 0 Å². The van der Waals surface area contributed by atoms with Crippen LogP contribution in [0.2, 0.25) is 0 Å². The summed E-state index contributed by atoms with van der Waals surface area (Å²) in [6, 6.07) is 0. The molecule has 0 bridgehead atoms. The summed E-state index contributed by atoms with van der Waals surface area (Å²) in [5, 5.41) is 0.262. The summed E-state index contributed by atoms with van der Waals surface area (Å²) in [4.78, 5) is 0. The zero-order valence-corrected chi connectivity index (χ0v) is 11.4. The molecule has 0 heterocycles. The molecule has 1 rings (SSSR count). The van der Waals surface area contributed by atoms with Crippen molar-refractivity contribution in [1.29, 1.82) is 0 Å². The molecule has 0 saturated carbocycles. The van der Waals surface area contributed by atoms with Crippen LogP contribution in [0.25, 0.3) is 0 Å². The number of rotatable bonds is 4. The van der Waals surface area contributed by atoms with E-state index in [0.29, 0.717) is 5.41 Å². The van der Waals surface area contributed by atoms with Crippen LogP contribution >= 0.6 is 11.6 Å². The van der Waals surface area contributed by atoms with Crippen molar-refractivity contribution in [3.05, 3.63) is 11.6 Å². The van der Waals surface area contributed by atoms with E-state index in [4.69, 9.17) is 11.6 Å². The first-order valence-electron chi connectivity index (χ1n) is 6.26. The second kappa shape index (κ2) is 5.39. The fraction of sp³-hybridized carbons (Fsp3) is 0.857. The Balaban J connectivity index is 2.54. The van der Waals surface area contributed by atoms with Gasteiger partial charge in [0.2, 0.25) is 0 Å². The van der Waals surface area contributed by atoms with Crippen molar-refractivity contribution < 1.29 is 0 Å². The van der Waals surface area contributed by atoms with Crippen LogP contribution < -0.4 is 0 Å². The minimum Gasteiger partial charge on any atom is -0.118 e. The molecule has 88 valence electrons. The lowest BCUT2D eigenvalue weighted by Crippen LogP contribution is -2.22. The third kappa shape index (κ3) is 4.59. The molecule has 0 saturated heterocycles. The van der Waals surface area contributed by atoms with Gasteiger partial charge in [-0.1, -0.05) is 52.2 Å². The first-order chi connectivity index (χ1) is 6.93. The molecule has 0 aromatic rings. The van der Waals surface area contributed by atoms with Gasteiger partial charge in [-0.05, 0) is 30.6 Å². The molecule has 0 aromatic carbocycles. The Hall–Kier alpha value is 0.0300. The first kappa shape index (κ1) is 13.1. The molecule has 15 heavy (non-hydrogen) atoms. The fourth-order valence-corrected chi connectivity index (χ4v) is 3.37. The Morgan fingerprint density at radius 1 is 1.53 bits per heavy atom. The van der Waals surface area contributed by atoms with Crippen molar-refractivity contribution in [2.24, 2.45) is 11.3 Å². The lowest BCUT2D eigenvalue weighted by molar-refractivity contribution is 0.312. The smallest absolute Gasteiger partial charge is 0.0523 e. The van der Waals surface area contributed by atoms with Gasteiger partial charge in [-0.3, -0.25) is 0 Å². The number of alkyl halides is 1. The van der Waals surface area contributed by atoms with Gasteiger partial charge in [0.1, 0.15) is 0 Å². The molecule has 1 aliphatic carbocycles. The molecule has 0 aromatic heterocycles. The largest absolute Gasteiger partial charge is 0.118 e. The van der Waals surface area contributed by atoms with E-state index in [9.17, 15) is 0 Å². The fourth-order valence-electron chi connectivity index (χ4n) is 2.77. The van der Waals surface area contributed by atoms with Crippen molar-refractivity contribution in [1.82, 2.24) is 0 Å². The van der Waals surface area contributed by atoms with Crippen molar-refractivity contribution in [3.8, 4) is 0 Å². The molecule has 0 spiro atoms. The average molecular weight is 229 g/mol. The lowest BCUT2D eigenvalue weighted by atomic mass is 9.75. The van der Waals surface area contributed by atoms with Crippen LogP contribution in [-0.2, 0) is 0 Å². The molecule has 0 amide bonds. The zero-order valence-electron chi connectivity index (χ0n) is 10.6. The second-order valence-corrected chi connectivity index (χ2v) is 6.54.